The molecule has 4 nitrogen and oxygen atoms in total. The van der Waals surface area contributed by atoms with Gasteiger partial charge in [-0.3, -0.25) is 4.79 Å². The Labute approximate surface area is 129 Å². The lowest BCUT2D eigenvalue weighted by Crippen LogP contribution is -2.29. The molecule has 1 aromatic carbocycles. The first-order valence-electron chi connectivity index (χ1n) is 6.97. The minimum Gasteiger partial charge on any atom is -0.361 e. The van der Waals surface area contributed by atoms with Crippen molar-refractivity contribution in [3.8, 4) is 0 Å². The van der Waals surface area contributed by atoms with Crippen LogP contribution in [0.15, 0.2) is 28.8 Å². The summed E-state index contributed by atoms with van der Waals surface area (Å²) in [6.07, 6.45) is 1.10. The molecule has 1 aromatic heterocycles. The molecule has 0 saturated carbocycles. The highest BCUT2D eigenvalue weighted by molar-refractivity contribution is 6.30. The summed E-state index contributed by atoms with van der Waals surface area (Å²) in [7, 11) is 0. The van der Waals surface area contributed by atoms with E-state index in [4.69, 9.17) is 16.1 Å². The molecule has 21 heavy (non-hydrogen) atoms. The van der Waals surface area contributed by atoms with E-state index in [0.717, 1.165) is 23.2 Å². The van der Waals surface area contributed by atoms with Crippen molar-refractivity contribution in [3.05, 3.63) is 51.9 Å². The van der Waals surface area contributed by atoms with Gasteiger partial charge in [0.15, 0.2) is 0 Å². The highest BCUT2D eigenvalue weighted by Crippen LogP contribution is 2.20. The average molecular weight is 307 g/mol. The van der Waals surface area contributed by atoms with Crippen LogP contribution in [0.5, 0.6) is 0 Å². The van der Waals surface area contributed by atoms with Crippen LogP contribution in [0.3, 0.4) is 0 Å². The molecule has 0 fully saturated rings. The first kappa shape index (κ1) is 15.6. The molecule has 1 atom stereocenters. The molecule has 0 aliphatic heterocycles. The number of aromatic nitrogens is 1. The highest BCUT2D eigenvalue weighted by Gasteiger charge is 2.17. The first-order valence-corrected chi connectivity index (χ1v) is 7.35. The molecule has 0 saturated heterocycles. The highest BCUT2D eigenvalue weighted by atomic mass is 35.5. The monoisotopic (exact) mass is 306 g/mol. The molecular weight excluding hydrogens is 288 g/mol. The third-order valence-corrected chi connectivity index (χ3v) is 3.79. The van der Waals surface area contributed by atoms with Crippen molar-refractivity contribution in [2.45, 2.75) is 39.7 Å². The van der Waals surface area contributed by atoms with E-state index < -0.39 is 0 Å². The van der Waals surface area contributed by atoms with E-state index in [0.29, 0.717) is 10.8 Å². The minimum atomic E-state index is -0.0359. The Balaban J connectivity index is 2.05. The van der Waals surface area contributed by atoms with Crippen LogP contribution in [0.1, 0.15) is 42.0 Å². The number of hydrogen-bond acceptors (Lipinski definition) is 3. The predicted octanol–water partition coefficient (Wildman–Crippen LogP) is 3.75. The molecule has 1 amide bonds. The summed E-state index contributed by atoms with van der Waals surface area (Å²) in [5, 5.41) is 7.60. The maximum Gasteiger partial charge on any atom is 0.225 e. The Morgan fingerprint density at radius 2 is 2.00 bits per heavy atom. The summed E-state index contributed by atoms with van der Waals surface area (Å²) >= 11 is 5.89. The van der Waals surface area contributed by atoms with Crippen molar-refractivity contribution < 1.29 is 9.32 Å². The number of rotatable bonds is 5. The molecule has 0 unspecified atom stereocenters. The Bertz CT molecular complexity index is 600. The van der Waals surface area contributed by atoms with E-state index in [1.165, 1.54) is 0 Å². The van der Waals surface area contributed by atoms with Gasteiger partial charge >= 0.3 is 0 Å². The SMILES string of the molecule is CC[C@@H](NC(=O)Cc1c(C)noc1C)c1ccc(Cl)cc1. The fourth-order valence-corrected chi connectivity index (χ4v) is 2.40. The largest absolute Gasteiger partial charge is 0.361 e. The maximum atomic E-state index is 12.2. The number of aryl methyl sites for hydroxylation is 2. The zero-order chi connectivity index (χ0) is 15.4. The summed E-state index contributed by atoms with van der Waals surface area (Å²) in [4.78, 5) is 12.2. The molecule has 0 radical (unpaired) electrons. The molecule has 1 heterocycles. The standard InChI is InChI=1S/C16H19ClN2O2/c1-4-15(12-5-7-13(17)8-6-12)18-16(20)9-14-10(2)19-21-11(14)3/h5-8,15H,4,9H2,1-3H3,(H,18,20)/t15-/m1/s1. The molecule has 2 rings (SSSR count). The lowest BCUT2D eigenvalue weighted by molar-refractivity contribution is -0.121. The molecule has 0 bridgehead atoms. The van der Waals surface area contributed by atoms with E-state index in [1.807, 2.05) is 45.0 Å². The second-order valence-electron chi connectivity index (χ2n) is 5.06. The fraction of sp³-hybridized carbons (Fsp3) is 0.375. The molecule has 0 aliphatic carbocycles. The van der Waals surface area contributed by atoms with Crippen LogP contribution in [0.25, 0.3) is 0 Å². The molecule has 0 aliphatic rings. The molecule has 1 N–H and O–H groups in total. The van der Waals surface area contributed by atoms with E-state index in [2.05, 4.69) is 10.5 Å². The Morgan fingerprint density at radius 1 is 1.33 bits per heavy atom. The van der Waals surface area contributed by atoms with Crippen LogP contribution < -0.4 is 5.32 Å². The number of carbonyl (C=O) groups excluding carboxylic acids is 1. The van der Waals surface area contributed by atoms with Gasteiger partial charge in [-0.1, -0.05) is 35.8 Å². The minimum absolute atomic E-state index is 0.0183. The molecule has 112 valence electrons. The molecular formula is C16H19ClN2O2. The van der Waals surface area contributed by atoms with Crippen molar-refractivity contribution >= 4 is 17.5 Å². The zero-order valence-electron chi connectivity index (χ0n) is 12.4. The summed E-state index contributed by atoms with van der Waals surface area (Å²) in [5.41, 5.74) is 2.68. The number of nitrogens with zero attached hydrogens (tertiary/aromatic N) is 1. The van der Waals surface area contributed by atoms with E-state index >= 15 is 0 Å². The predicted molar refractivity (Wildman–Crippen MR) is 82.3 cm³/mol. The zero-order valence-corrected chi connectivity index (χ0v) is 13.2. The van der Waals surface area contributed by atoms with Crippen LogP contribution >= 0.6 is 11.6 Å². The lowest BCUT2D eigenvalue weighted by Gasteiger charge is -2.17. The van der Waals surface area contributed by atoms with Crippen molar-refractivity contribution in [1.29, 1.82) is 0 Å². The summed E-state index contributed by atoms with van der Waals surface area (Å²) in [6.45, 7) is 5.70. The molecule has 5 heteroatoms. The van der Waals surface area contributed by atoms with Gasteiger partial charge in [-0.25, -0.2) is 0 Å². The van der Waals surface area contributed by atoms with E-state index in [1.54, 1.807) is 0 Å². The van der Waals surface area contributed by atoms with Crippen LogP contribution in [0.2, 0.25) is 5.02 Å². The fourth-order valence-electron chi connectivity index (χ4n) is 2.28. The smallest absolute Gasteiger partial charge is 0.225 e. The van der Waals surface area contributed by atoms with Gasteiger partial charge in [-0.2, -0.15) is 0 Å². The van der Waals surface area contributed by atoms with Gasteiger partial charge in [0.05, 0.1) is 18.2 Å². The Hall–Kier alpha value is -1.81. The van der Waals surface area contributed by atoms with Gasteiger partial charge in [-0.05, 0) is 38.0 Å². The van der Waals surface area contributed by atoms with Crippen molar-refractivity contribution in [2.24, 2.45) is 0 Å². The van der Waals surface area contributed by atoms with Crippen molar-refractivity contribution in [2.75, 3.05) is 0 Å². The normalized spacial score (nSPS) is 12.2. The van der Waals surface area contributed by atoms with Gasteiger partial charge in [-0.15, -0.1) is 0 Å². The molecule has 2 aromatic rings. The van der Waals surface area contributed by atoms with Crippen LogP contribution in [0.4, 0.5) is 0 Å². The van der Waals surface area contributed by atoms with Crippen LogP contribution in [-0.2, 0) is 11.2 Å². The van der Waals surface area contributed by atoms with Crippen LogP contribution in [-0.4, -0.2) is 11.1 Å². The number of hydrogen-bond donors (Lipinski definition) is 1. The van der Waals surface area contributed by atoms with Crippen molar-refractivity contribution in [1.82, 2.24) is 10.5 Å². The van der Waals surface area contributed by atoms with E-state index in [9.17, 15) is 4.79 Å². The average Bonchev–Trinajstić information content (AvgIpc) is 2.78. The third-order valence-electron chi connectivity index (χ3n) is 3.53. The quantitative estimate of drug-likeness (QED) is 0.915. The van der Waals surface area contributed by atoms with Gasteiger partial charge in [0.2, 0.25) is 5.91 Å². The number of carbonyl (C=O) groups is 1. The number of nitrogens with one attached hydrogen (secondary N) is 1. The number of benzene rings is 1. The molecule has 0 spiro atoms. The first-order chi connectivity index (χ1) is 10.0. The third kappa shape index (κ3) is 3.85. The maximum absolute atomic E-state index is 12.2. The summed E-state index contributed by atoms with van der Waals surface area (Å²) in [5.74, 6) is 0.661. The van der Waals surface area contributed by atoms with Gasteiger partial charge < -0.3 is 9.84 Å². The van der Waals surface area contributed by atoms with Gasteiger partial charge in [0.25, 0.3) is 0 Å². The topological polar surface area (TPSA) is 55.1 Å². The summed E-state index contributed by atoms with van der Waals surface area (Å²) < 4.78 is 5.08. The van der Waals surface area contributed by atoms with Crippen LogP contribution in [0, 0.1) is 13.8 Å². The second kappa shape index (κ2) is 6.76. The number of amides is 1. The van der Waals surface area contributed by atoms with Gasteiger partial charge in [0, 0.05) is 10.6 Å². The second-order valence-corrected chi connectivity index (χ2v) is 5.50. The Morgan fingerprint density at radius 3 is 2.52 bits per heavy atom. The van der Waals surface area contributed by atoms with Crippen molar-refractivity contribution in [3.63, 3.8) is 0 Å². The number of halogens is 1. The van der Waals surface area contributed by atoms with Gasteiger partial charge in [0.1, 0.15) is 5.76 Å². The Kier molecular flexibility index (Phi) is 5.02. The van der Waals surface area contributed by atoms with E-state index in [-0.39, 0.29) is 18.4 Å². The summed E-state index contributed by atoms with van der Waals surface area (Å²) in [6, 6.07) is 7.52. The lowest BCUT2D eigenvalue weighted by atomic mass is 10.0.